The molecule has 0 aliphatic carbocycles. The normalized spacial score (nSPS) is 14.5. The fourth-order valence-corrected chi connectivity index (χ4v) is 4.35. The van der Waals surface area contributed by atoms with Gasteiger partial charge in [0.15, 0.2) is 0 Å². The van der Waals surface area contributed by atoms with Gasteiger partial charge < -0.3 is 19.9 Å². The number of methoxy groups -OCH3 is 1. The molecule has 10 heteroatoms. The van der Waals surface area contributed by atoms with Gasteiger partial charge in [-0.15, -0.1) is 0 Å². The van der Waals surface area contributed by atoms with Crippen LogP contribution in [0.5, 0.6) is 0 Å². The van der Waals surface area contributed by atoms with E-state index in [4.69, 9.17) is 0 Å². The predicted octanol–water partition coefficient (Wildman–Crippen LogP) is 6.57. The molecule has 3 aromatic rings. The fraction of sp³-hybridized carbons (Fsp3) is 0.267. The third kappa shape index (κ3) is 6.99. The zero-order valence-corrected chi connectivity index (χ0v) is 22.4. The Hall–Kier alpha value is -4.34. The molecular formula is C30H30F4N4O2. The van der Waals surface area contributed by atoms with Crippen LogP contribution >= 0.6 is 0 Å². The number of para-hydroxylation sites is 1. The highest BCUT2D eigenvalue weighted by Crippen LogP contribution is 2.33. The zero-order valence-electron chi connectivity index (χ0n) is 22.4. The maximum absolute atomic E-state index is 15.1. The molecule has 1 heterocycles. The van der Waals surface area contributed by atoms with Gasteiger partial charge in [-0.1, -0.05) is 30.3 Å². The first-order chi connectivity index (χ1) is 19.0. The molecule has 0 bridgehead atoms. The zero-order chi connectivity index (χ0) is 28.9. The lowest BCUT2D eigenvalue weighted by atomic mass is 10.1. The molecule has 1 aliphatic rings. The number of aryl methyl sites for hydroxylation is 2. The summed E-state index contributed by atoms with van der Waals surface area (Å²) in [5.74, 6) is -1.07. The number of nitrogens with one attached hydrogen (secondary N) is 1. The van der Waals surface area contributed by atoms with Crippen molar-refractivity contribution in [2.75, 3.05) is 43.5 Å². The summed E-state index contributed by atoms with van der Waals surface area (Å²) in [5, 5.41) is 3.05. The van der Waals surface area contributed by atoms with Gasteiger partial charge in [-0.05, 0) is 61.4 Å². The summed E-state index contributed by atoms with van der Waals surface area (Å²) in [6.45, 7) is 5.92. The van der Waals surface area contributed by atoms with E-state index < -0.39 is 23.5 Å². The van der Waals surface area contributed by atoms with Crippen LogP contribution in [-0.4, -0.2) is 50.1 Å². The molecule has 0 radical (unpaired) electrons. The van der Waals surface area contributed by atoms with Crippen LogP contribution in [0, 0.1) is 19.7 Å². The van der Waals surface area contributed by atoms with Gasteiger partial charge in [0.25, 0.3) is 0 Å². The predicted molar refractivity (Wildman–Crippen MR) is 149 cm³/mol. The van der Waals surface area contributed by atoms with E-state index in [0.717, 1.165) is 29.5 Å². The SMILES string of the molecule is COC(=O)/C=C/c1cccc(F)c1N=C(Nc1cc(C(F)(F)F)ccc1C)N1CCN(c2cccc(C)c2)CC1. The molecule has 4 rings (SSSR count). The fourth-order valence-electron chi connectivity index (χ4n) is 4.35. The van der Waals surface area contributed by atoms with E-state index in [2.05, 4.69) is 26.0 Å². The molecule has 6 nitrogen and oxygen atoms in total. The number of hydrogen-bond acceptors (Lipinski definition) is 4. The summed E-state index contributed by atoms with van der Waals surface area (Å²) in [4.78, 5) is 20.3. The molecule has 1 aliphatic heterocycles. The third-order valence-corrected chi connectivity index (χ3v) is 6.59. The van der Waals surface area contributed by atoms with Crippen LogP contribution in [-0.2, 0) is 15.7 Å². The lowest BCUT2D eigenvalue weighted by Gasteiger charge is -2.38. The van der Waals surface area contributed by atoms with E-state index in [1.54, 1.807) is 13.0 Å². The van der Waals surface area contributed by atoms with Crippen LogP contribution in [0.1, 0.15) is 22.3 Å². The quantitative estimate of drug-likeness (QED) is 0.127. The van der Waals surface area contributed by atoms with Gasteiger partial charge in [0.2, 0.25) is 5.96 Å². The monoisotopic (exact) mass is 554 g/mol. The molecule has 40 heavy (non-hydrogen) atoms. The van der Waals surface area contributed by atoms with Crippen molar-refractivity contribution >= 4 is 35.1 Å². The van der Waals surface area contributed by atoms with Crippen LogP contribution < -0.4 is 10.2 Å². The Morgan fingerprint density at radius 1 is 1.00 bits per heavy atom. The Kier molecular flexibility index (Phi) is 8.77. The summed E-state index contributed by atoms with van der Waals surface area (Å²) in [6.07, 6.45) is -1.99. The minimum absolute atomic E-state index is 0.0594. The molecule has 1 N–H and O–H groups in total. The number of nitrogens with zero attached hydrogens (tertiary/aromatic N) is 3. The van der Waals surface area contributed by atoms with E-state index in [-0.39, 0.29) is 17.3 Å². The molecule has 0 saturated carbocycles. The Balaban J connectivity index is 1.72. The molecule has 210 valence electrons. The van der Waals surface area contributed by atoms with Crippen molar-refractivity contribution in [2.24, 2.45) is 4.99 Å². The van der Waals surface area contributed by atoms with Gasteiger partial charge in [-0.25, -0.2) is 14.2 Å². The summed E-state index contributed by atoms with van der Waals surface area (Å²) >= 11 is 0. The lowest BCUT2D eigenvalue weighted by molar-refractivity contribution is -0.137. The van der Waals surface area contributed by atoms with E-state index >= 15 is 4.39 Å². The molecule has 0 unspecified atom stereocenters. The smallest absolute Gasteiger partial charge is 0.416 e. The van der Waals surface area contributed by atoms with Gasteiger partial charge in [0, 0.05) is 49.2 Å². The first-order valence-electron chi connectivity index (χ1n) is 12.7. The van der Waals surface area contributed by atoms with Crippen molar-refractivity contribution in [3.63, 3.8) is 0 Å². The van der Waals surface area contributed by atoms with Gasteiger partial charge in [-0.3, -0.25) is 0 Å². The van der Waals surface area contributed by atoms with Crippen molar-refractivity contribution in [1.29, 1.82) is 0 Å². The minimum atomic E-state index is -4.53. The van der Waals surface area contributed by atoms with Crippen LogP contribution in [0.3, 0.4) is 0 Å². The van der Waals surface area contributed by atoms with E-state index in [1.165, 1.54) is 31.4 Å². The number of alkyl halides is 3. The Bertz CT molecular complexity index is 1430. The van der Waals surface area contributed by atoms with Crippen molar-refractivity contribution < 1.29 is 27.1 Å². The maximum atomic E-state index is 15.1. The number of hydrogen-bond donors (Lipinski definition) is 1. The molecular weight excluding hydrogens is 524 g/mol. The van der Waals surface area contributed by atoms with Crippen molar-refractivity contribution in [2.45, 2.75) is 20.0 Å². The first kappa shape index (κ1) is 28.7. The van der Waals surface area contributed by atoms with Crippen molar-refractivity contribution in [3.8, 4) is 0 Å². The maximum Gasteiger partial charge on any atom is 0.416 e. The average molecular weight is 555 g/mol. The molecule has 0 atom stereocenters. The Morgan fingerprint density at radius 3 is 2.40 bits per heavy atom. The molecule has 0 aromatic heterocycles. The number of aliphatic imine (C=N–C) groups is 1. The van der Waals surface area contributed by atoms with E-state index in [0.29, 0.717) is 37.3 Å². The molecule has 0 amide bonds. The number of carbonyl (C=O) groups excluding carboxylic acids is 1. The number of rotatable bonds is 5. The highest BCUT2D eigenvalue weighted by Gasteiger charge is 2.31. The third-order valence-electron chi connectivity index (χ3n) is 6.59. The second-order valence-electron chi connectivity index (χ2n) is 9.44. The van der Waals surface area contributed by atoms with Gasteiger partial charge in [0.1, 0.15) is 11.5 Å². The van der Waals surface area contributed by atoms with Crippen LogP contribution in [0.25, 0.3) is 6.08 Å². The summed E-state index contributed by atoms with van der Waals surface area (Å²) in [6, 6.07) is 15.9. The summed E-state index contributed by atoms with van der Waals surface area (Å²) in [7, 11) is 1.23. The van der Waals surface area contributed by atoms with E-state index in [1.807, 2.05) is 30.0 Å². The molecule has 3 aromatic carbocycles. The summed E-state index contributed by atoms with van der Waals surface area (Å²) < 4.78 is 60.2. The number of esters is 1. The molecule has 1 saturated heterocycles. The van der Waals surface area contributed by atoms with Crippen LogP contribution in [0.2, 0.25) is 0 Å². The topological polar surface area (TPSA) is 57.2 Å². The number of anilines is 2. The number of guanidine groups is 1. The highest BCUT2D eigenvalue weighted by molar-refractivity contribution is 5.97. The number of piperazine rings is 1. The highest BCUT2D eigenvalue weighted by atomic mass is 19.4. The largest absolute Gasteiger partial charge is 0.466 e. The first-order valence-corrected chi connectivity index (χ1v) is 12.7. The molecule has 1 fully saturated rings. The van der Waals surface area contributed by atoms with Gasteiger partial charge in [-0.2, -0.15) is 13.2 Å². The Labute approximate surface area is 230 Å². The van der Waals surface area contributed by atoms with Crippen LogP contribution in [0.4, 0.5) is 34.6 Å². The standard InChI is InChI=1S/C30H30F4N4O2/c1-20-6-4-8-24(18-20)37-14-16-38(17-15-37)29(35-26-19-23(30(32,33)34)12-10-21(26)2)36-28-22(7-5-9-25(28)31)11-13-27(39)40-3/h4-13,18-19H,14-17H2,1-3H3,(H,35,36)/b13-11+. The second-order valence-corrected chi connectivity index (χ2v) is 9.44. The van der Waals surface area contributed by atoms with E-state index in [9.17, 15) is 18.0 Å². The number of carbonyl (C=O) groups is 1. The summed E-state index contributed by atoms with van der Waals surface area (Å²) in [5.41, 5.74) is 2.42. The van der Waals surface area contributed by atoms with Crippen molar-refractivity contribution in [3.05, 3.63) is 94.8 Å². The average Bonchev–Trinajstić information content (AvgIpc) is 2.93. The Morgan fingerprint density at radius 2 is 1.73 bits per heavy atom. The molecule has 0 spiro atoms. The van der Waals surface area contributed by atoms with Crippen molar-refractivity contribution in [1.82, 2.24) is 4.90 Å². The lowest BCUT2D eigenvalue weighted by Crippen LogP contribution is -2.50. The minimum Gasteiger partial charge on any atom is -0.466 e. The van der Waals surface area contributed by atoms with Crippen LogP contribution in [0.15, 0.2) is 71.7 Å². The number of benzene rings is 3. The number of ether oxygens (including phenoxy) is 1. The second kappa shape index (κ2) is 12.2. The van der Waals surface area contributed by atoms with Gasteiger partial charge >= 0.3 is 12.1 Å². The number of halogens is 4. The van der Waals surface area contributed by atoms with Gasteiger partial charge in [0.05, 0.1) is 12.7 Å².